The van der Waals surface area contributed by atoms with Crippen molar-refractivity contribution in [1.82, 2.24) is 0 Å². The lowest BCUT2D eigenvalue weighted by molar-refractivity contribution is -0.118. The minimum Gasteiger partial charge on any atom is -0.297 e. The van der Waals surface area contributed by atoms with Crippen LogP contribution >= 0.6 is 0 Å². The van der Waals surface area contributed by atoms with Crippen LogP contribution in [0.5, 0.6) is 0 Å². The van der Waals surface area contributed by atoms with Gasteiger partial charge in [-0.15, -0.1) is 0 Å². The van der Waals surface area contributed by atoms with E-state index < -0.39 is 11.0 Å². The Kier molecular flexibility index (Phi) is 3.38. The third-order valence-electron chi connectivity index (χ3n) is 0.373. The summed E-state index contributed by atoms with van der Waals surface area (Å²) in [6.45, 7) is 0.900. The summed E-state index contributed by atoms with van der Waals surface area (Å²) in [4.78, 5) is 9.96. The van der Waals surface area contributed by atoms with Gasteiger partial charge in [-0.3, -0.25) is 8.98 Å². The molecule has 0 aromatic carbocycles. The Morgan fingerprint density at radius 1 is 1.62 bits per heavy atom. The monoisotopic (exact) mass is 138 g/mol. The fraction of sp³-hybridized carbons (Fsp3) is 0.667. The van der Waals surface area contributed by atoms with E-state index in [1.54, 1.807) is 0 Å². The zero-order valence-corrected chi connectivity index (χ0v) is 5.18. The maximum absolute atomic E-state index is 9.96. The summed E-state index contributed by atoms with van der Waals surface area (Å²) < 4.78 is 23.0. The average molecular weight is 138 g/mol. The van der Waals surface area contributed by atoms with Crippen LogP contribution < -0.4 is 0 Å². The quantitative estimate of drug-likeness (QED) is 0.514. The van der Waals surface area contributed by atoms with Crippen LogP contribution in [0.1, 0.15) is 6.92 Å². The fourth-order valence-corrected chi connectivity index (χ4v) is 0.431. The van der Waals surface area contributed by atoms with Crippen LogP contribution in [-0.2, 0) is 20.0 Å². The highest BCUT2D eigenvalue weighted by Crippen LogP contribution is 1.73. The van der Waals surface area contributed by atoms with Crippen molar-refractivity contribution in [2.45, 2.75) is 6.92 Å². The maximum Gasteiger partial charge on any atom is 0.257 e. The van der Waals surface area contributed by atoms with Gasteiger partial charge < -0.3 is 0 Å². The minimum absolute atomic E-state index is 0.302. The van der Waals surface area contributed by atoms with Crippen LogP contribution in [0.15, 0.2) is 0 Å². The van der Waals surface area contributed by atoms with E-state index in [4.69, 9.17) is 0 Å². The summed E-state index contributed by atoms with van der Waals surface area (Å²) in [7, 11) is -2.85. The van der Waals surface area contributed by atoms with Crippen LogP contribution in [0.25, 0.3) is 0 Å². The van der Waals surface area contributed by atoms with Crippen molar-refractivity contribution in [1.29, 1.82) is 0 Å². The summed E-state index contributed by atoms with van der Waals surface area (Å²) in [6, 6.07) is 0. The summed E-state index contributed by atoms with van der Waals surface area (Å²) in [6.07, 6.45) is 0. The Hall–Kier alpha value is -0.420. The van der Waals surface area contributed by atoms with Gasteiger partial charge in [0.1, 0.15) is 6.61 Å². The highest BCUT2D eigenvalue weighted by molar-refractivity contribution is 7.67. The molecular formula is C3H6O4S. The number of ketones is 1. The predicted octanol–water partition coefficient (Wildman–Crippen LogP) is -0.882. The highest BCUT2D eigenvalue weighted by Gasteiger charge is 1.90. The fourth-order valence-electron chi connectivity index (χ4n) is 0.144. The van der Waals surface area contributed by atoms with E-state index in [9.17, 15) is 13.2 Å². The smallest absolute Gasteiger partial charge is 0.257 e. The van der Waals surface area contributed by atoms with Gasteiger partial charge in [0, 0.05) is 0 Å². The minimum atomic E-state index is -2.85. The second-order valence-electron chi connectivity index (χ2n) is 1.20. The molecule has 0 bridgehead atoms. The van der Waals surface area contributed by atoms with Gasteiger partial charge in [0.25, 0.3) is 11.0 Å². The second kappa shape index (κ2) is 3.57. The van der Waals surface area contributed by atoms with Crippen molar-refractivity contribution < 1.29 is 17.4 Å². The molecule has 0 saturated heterocycles. The van der Waals surface area contributed by atoms with Crippen molar-refractivity contribution in [3.8, 4) is 0 Å². The lowest BCUT2D eigenvalue weighted by Gasteiger charge is -1.85. The van der Waals surface area contributed by atoms with Gasteiger partial charge in [-0.1, -0.05) is 0 Å². The molecule has 0 aromatic rings. The molecule has 0 aromatic heterocycles. The third-order valence-corrected chi connectivity index (χ3v) is 0.713. The van der Waals surface area contributed by atoms with E-state index in [-0.39, 0.29) is 12.4 Å². The van der Waals surface area contributed by atoms with Crippen LogP contribution in [0.4, 0.5) is 0 Å². The van der Waals surface area contributed by atoms with Crippen molar-refractivity contribution >= 4 is 16.8 Å². The molecule has 0 spiro atoms. The van der Waals surface area contributed by atoms with Gasteiger partial charge >= 0.3 is 0 Å². The Balaban J connectivity index is 3.32. The van der Waals surface area contributed by atoms with E-state index in [0.717, 1.165) is 0 Å². The average Bonchev–Trinajstić information content (AvgIpc) is 1.61. The molecule has 0 radical (unpaired) electrons. The van der Waals surface area contributed by atoms with Gasteiger partial charge in [0.2, 0.25) is 0 Å². The lowest BCUT2D eigenvalue weighted by atomic mass is 10.5. The summed E-state index contributed by atoms with van der Waals surface area (Å²) in [5.74, 6) is -0.302. The van der Waals surface area contributed by atoms with E-state index in [0.29, 0.717) is 0 Å². The molecule has 0 N–H and O–H groups in total. The first-order valence-corrected chi connectivity index (χ1v) is 2.99. The lowest BCUT2D eigenvalue weighted by Crippen LogP contribution is -2.01. The van der Waals surface area contributed by atoms with Crippen LogP contribution in [0.3, 0.4) is 0 Å². The maximum atomic E-state index is 9.96. The molecule has 0 saturated carbocycles. The normalized spacial score (nSPS) is 9.75. The molecule has 8 heavy (non-hydrogen) atoms. The molecular weight excluding hydrogens is 132 g/mol. The van der Waals surface area contributed by atoms with Gasteiger partial charge in [0.15, 0.2) is 5.78 Å². The molecule has 48 valence electrons. The molecule has 0 unspecified atom stereocenters. The molecule has 4 nitrogen and oxygen atoms in total. The number of rotatable bonds is 3. The molecule has 0 heterocycles. The number of thiol groups is 1. The molecule has 0 amide bonds. The standard InChI is InChI=1S/C3H6O4S/c1-3(4)2-7-8(5)6/h8H,2H2,1H3. The van der Waals surface area contributed by atoms with Gasteiger partial charge in [-0.2, -0.15) is 0 Å². The van der Waals surface area contributed by atoms with E-state index >= 15 is 0 Å². The van der Waals surface area contributed by atoms with Gasteiger partial charge in [0.05, 0.1) is 0 Å². The highest BCUT2D eigenvalue weighted by atomic mass is 32.2. The van der Waals surface area contributed by atoms with E-state index in [1.807, 2.05) is 0 Å². The summed E-state index contributed by atoms with van der Waals surface area (Å²) in [5.41, 5.74) is 0. The molecule has 0 fully saturated rings. The molecule has 0 aliphatic heterocycles. The zero-order valence-electron chi connectivity index (χ0n) is 4.29. The number of carbonyl (C=O) groups excluding carboxylic acids is 1. The van der Waals surface area contributed by atoms with Crippen LogP contribution in [0, 0.1) is 0 Å². The topological polar surface area (TPSA) is 60.4 Å². The molecule has 0 atom stereocenters. The third kappa shape index (κ3) is 5.58. The van der Waals surface area contributed by atoms with Crippen molar-refractivity contribution in [2.75, 3.05) is 6.61 Å². The SMILES string of the molecule is CC(=O)CO[SH](=O)=O. The number of Topliss-reactive ketones (excluding diaryl/α,β-unsaturated/α-hetero) is 1. The predicted molar refractivity (Wildman–Crippen MR) is 26.9 cm³/mol. The van der Waals surface area contributed by atoms with Crippen molar-refractivity contribution in [2.24, 2.45) is 0 Å². The van der Waals surface area contributed by atoms with E-state index in [2.05, 4.69) is 4.18 Å². The first kappa shape index (κ1) is 7.58. The van der Waals surface area contributed by atoms with Crippen LogP contribution in [-0.4, -0.2) is 20.8 Å². The van der Waals surface area contributed by atoms with Gasteiger partial charge in [-0.05, 0) is 6.92 Å². The van der Waals surface area contributed by atoms with Crippen molar-refractivity contribution in [3.05, 3.63) is 0 Å². The molecule has 5 heteroatoms. The first-order valence-electron chi connectivity index (χ1n) is 1.89. The Morgan fingerprint density at radius 3 is 2.25 bits per heavy atom. The Labute approximate surface area is 48.6 Å². The molecule has 0 aliphatic rings. The van der Waals surface area contributed by atoms with Crippen LogP contribution in [0.2, 0.25) is 0 Å². The summed E-state index contributed by atoms with van der Waals surface area (Å²) in [5, 5.41) is 0. The Morgan fingerprint density at radius 2 is 2.12 bits per heavy atom. The summed E-state index contributed by atoms with van der Waals surface area (Å²) >= 11 is 0. The molecule has 0 rings (SSSR count). The van der Waals surface area contributed by atoms with Crippen molar-refractivity contribution in [3.63, 3.8) is 0 Å². The first-order chi connectivity index (χ1) is 3.63. The van der Waals surface area contributed by atoms with Gasteiger partial charge in [-0.25, -0.2) is 8.42 Å². The molecule has 0 aliphatic carbocycles. The number of carbonyl (C=O) groups is 1. The van der Waals surface area contributed by atoms with E-state index in [1.165, 1.54) is 6.92 Å². The Bertz CT molecular complexity index is 139. The second-order valence-corrected chi connectivity index (χ2v) is 1.90. The zero-order chi connectivity index (χ0) is 6.57. The number of hydrogen-bond donors (Lipinski definition) is 1. The largest absolute Gasteiger partial charge is 0.297 e. The number of hydrogen-bond acceptors (Lipinski definition) is 4.